The summed E-state index contributed by atoms with van der Waals surface area (Å²) in [7, 11) is 0. The van der Waals surface area contributed by atoms with Crippen LogP contribution in [0.25, 0.3) is 42.2 Å². The summed E-state index contributed by atoms with van der Waals surface area (Å²) in [6.45, 7) is 24.6. The second-order valence-electron chi connectivity index (χ2n) is 16.7. The van der Waals surface area contributed by atoms with Crippen LogP contribution < -0.4 is 0 Å². The molecular formula is C46H58IrNO2S-. The first kappa shape index (κ1) is 40.9. The SMILES string of the molecule is CC(C)(C)c1cc(-c2nccc3c2sc2ccc4c(c23)C(C)(C)CCC4(C)C)[c-]c2ccccc12.CCC(CC)C(=O)/C=C(\O)C(CC)CC.[Ir]. The van der Waals surface area contributed by atoms with Gasteiger partial charge in [0, 0.05) is 64.7 Å². The molecule has 0 amide bonds. The maximum Gasteiger partial charge on any atom is 0.162 e. The van der Waals surface area contributed by atoms with Crippen molar-refractivity contribution < 1.29 is 30.0 Å². The number of aromatic nitrogens is 1. The van der Waals surface area contributed by atoms with Crippen LogP contribution in [-0.4, -0.2) is 15.9 Å². The zero-order valence-electron chi connectivity index (χ0n) is 32.7. The van der Waals surface area contributed by atoms with Crippen LogP contribution in [0.1, 0.15) is 131 Å². The van der Waals surface area contributed by atoms with E-state index in [0.717, 1.165) is 42.3 Å². The molecule has 0 spiro atoms. The molecule has 1 aliphatic carbocycles. The van der Waals surface area contributed by atoms with Gasteiger partial charge in [-0.2, -0.15) is 0 Å². The zero-order chi connectivity index (χ0) is 36.6. The summed E-state index contributed by atoms with van der Waals surface area (Å²) in [6, 6.07) is 21.7. The number of fused-ring (bicyclic) bond motifs is 6. The van der Waals surface area contributed by atoms with E-state index in [-0.39, 0.29) is 59.7 Å². The van der Waals surface area contributed by atoms with Gasteiger partial charge < -0.3 is 5.11 Å². The van der Waals surface area contributed by atoms with Crippen molar-refractivity contribution in [3.63, 3.8) is 0 Å². The number of carbonyl (C=O) groups is 1. The average molecular weight is 881 g/mol. The van der Waals surface area contributed by atoms with Gasteiger partial charge in [-0.05, 0) is 83.4 Å². The Kier molecular flexibility index (Phi) is 12.9. The van der Waals surface area contributed by atoms with E-state index >= 15 is 0 Å². The summed E-state index contributed by atoms with van der Waals surface area (Å²) in [5.41, 5.74) is 6.97. The number of hydrogen-bond donors (Lipinski definition) is 1. The molecule has 0 atom stereocenters. The number of pyridine rings is 1. The van der Waals surface area contributed by atoms with Gasteiger partial charge in [-0.25, -0.2) is 0 Å². The fourth-order valence-electron chi connectivity index (χ4n) is 7.90. The number of thiophene rings is 1. The molecule has 275 valence electrons. The number of aliphatic hydroxyl groups excluding tert-OH is 1. The number of carbonyl (C=O) groups excluding carboxylic acids is 1. The summed E-state index contributed by atoms with van der Waals surface area (Å²) >= 11 is 1.89. The molecule has 1 aliphatic rings. The van der Waals surface area contributed by atoms with Gasteiger partial charge in [0.15, 0.2) is 5.78 Å². The first-order valence-corrected chi connectivity index (χ1v) is 19.6. The van der Waals surface area contributed by atoms with Crippen LogP contribution in [0.2, 0.25) is 0 Å². The van der Waals surface area contributed by atoms with Crippen molar-refractivity contribution in [1.29, 1.82) is 0 Å². The Bertz CT molecular complexity index is 2040. The minimum Gasteiger partial charge on any atom is -0.512 e. The molecule has 0 saturated carbocycles. The molecule has 2 heterocycles. The fourth-order valence-corrected chi connectivity index (χ4v) is 9.11. The second-order valence-corrected chi connectivity index (χ2v) is 17.7. The Morgan fingerprint density at radius 1 is 0.902 bits per heavy atom. The monoisotopic (exact) mass is 881 g/mol. The smallest absolute Gasteiger partial charge is 0.162 e. The van der Waals surface area contributed by atoms with E-state index in [1.165, 1.54) is 55.6 Å². The molecule has 3 nitrogen and oxygen atoms in total. The number of nitrogens with zero attached hydrogens (tertiary/aromatic N) is 1. The molecule has 2 aromatic heterocycles. The molecule has 0 fully saturated rings. The molecule has 1 radical (unpaired) electrons. The van der Waals surface area contributed by atoms with E-state index in [4.69, 9.17) is 4.98 Å². The fraction of sp³-hybridized carbons (Fsp3) is 0.478. The van der Waals surface area contributed by atoms with Crippen molar-refractivity contribution in [2.24, 2.45) is 11.8 Å². The quantitative estimate of drug-likeness (QED) is 0.0960. The molecule has 0 saturated heterocycles. The molecule has 5 aromatic rings. The van der Waals surface area contributed by atoms with Crippen LogP contribution in [-0.2, 0) is 41.1 Å². The molecule has 6 rings (SSSR count). The number of rotatable bonds is 8. The van der Waals surface area contributed by atoms with Crippen molar-refractivity contribution >= 4 is 48.1 Å². The Morgan fingerprint density at radius 2 is 1.53 bits per heavy atom. The second kappa shape index (κ2) is 16.0. The predicted octanol–water partition coefficient (Wildman–Crippen LogP) is 13.6. The van der Waals surface area contributed by atoms with Crippen molar-refractivity contribution in [2.75, 3.05) is 0 Å². The van der Waals surface area contributed by atoms with Crippen LogP contribution in [0.3, 0.4) is 0 Å². The van der Waals surface area contributed by atoms with Gasteiger partial charge in [0.2, 0.25) is 0 Å². The molecule has 0 unspecified atom stereocenters. The van der Waals surface area contributed by atoms with E-state index in [9.17, 15) is 9.90 Å². The summed E-state index contributed by atoms with van der Waals surface area (Å²) in [5, 5.41) is 15.0. The van der Waals surface area contributed by atoms with Crippen molar-refractivity contribution in [3.05, 3.63) is 89.3 Å². The normalized spacial score (nSPS) is 15.5. The Hall–Kier alpha value is -2.85. The Balaban J connectivity index is 0.000000312. The third kappa shape index (κ3) is 8.22. The molecule has 5 heteroatoms. The van der Waals surface area contributed by atoms with Crippen molar-refractivity contribution in [2.45, 2.75) is 131 Å². The Morgan fingerprint density at radius 3 is 2.16 bits per heavy atom. The first-order valence-electron chi connectivity index (χ1n) is 18.8. The molecule has 51 heavy (non-hydrogen) atoms. The largest absolute Gasteiger partial charge is 0.512 e. The molecular weight excluding hydrogens is 823 g/mol. The van der Waals surface area contributed by atoms with Gasteiger partial charge in [0.05, 0.1) is 5.76 Å². The molecule has 1 N–H and O–H groups in total. The van der Waals surface area contributed by atoms with Gasteiger partial charge in [-0.15, -0.1) is 40.5 Å². The maximum absolute atomic E-state index is 11.7. The third-order valence-corrected chi connectivity index (χ3v) is 12.4. The van der Waals surface area contributed by atoms with E-state index in [0.29, 0.717) is 0 Å². The zero-order valence-corrected chi connectivity index (χ0v) is 35.9. The van der Waals surface area contributed by atoms with Crippen LogP contribution in [0.4, 0.5) is 0 Å². The summed E-state index contributed by atoms with van der Waals surface area (Å²) < 4.78 is 2.65. The van der Waals surface area contributed by atoms with Crippen molar-refractivity contribution in [1.82, 2.24) is 4.98 Å². The van der Waals surface area contributed by atoms with Crippen LogP contribution >= 0.6 is 11.3 Å². The van der Waals surface area contributed by atoms with Crippen LogP contribution in [0, 0.1) is 17.9 Å². The van der Waals surface area contributed by atoms with E-state index in [2.05, 4.69) is 103 Å². The number of benzene rings is 3. The van der Waals surface area contributed by atoms with Gasteiger partial charge >= 0.3 is 0 Å². The number of allylic oxidation sites excluding steroid dienone is 2. The number of aliphatic hydroxyl groups is 1. The maximum atomic E-state index is 11.7. The van der Waals surface area contributed by atoms with E-state index in [1.807, 2.05) is 45.2 Å². The predicted molar refractivity (Wildman–Crippen MR) is 217 cm³/mol. The van der Waals surface area contributed by atoms with Crippen LogP contribution in [0.5, 0.6) is 0 Å². The molecule has 0 aliphatic heterocycles. The van der Waals surface area contributed by atoms with Gasteiger partial charge in [-0.1, -0.05) is 111 Å². The van der Waals surface area contributed by atoms with E-state index in [1.54, 1.807) is 5.56 Å². The van der Waals surface area contributed by atoms with Crippen molar-refractivity contribution in [3.8, 4) is 11.3 Å². The number of ketones is 1. The summed E-state index contributed by atoms with van der Waals surface area (Å²) in [5.74, 6) is 0.547. The Labute approximate surface area is 324 Å². The minimum atomic E-state index is 0. The first-order chi connectivity index (χ1) is 23.6. The van der Waals surface area contributed by atoms with Gasteiger partial charge in [0.25, 0.3) is 0 Å². The number of hydrogen-bond acceptors (Lipinski definition) is 4. The third-order valence-electron chi connectivity index (χ3n) is 11.3. The molecule has 0 bridgehead atoms. The minimum absolute atomic E-state index is 0. The summed E-state index contributed by atoms with van der Waals surface area (Å²) in [4.78, 5) is 16.7. The summed E-state index contributed by atoms with van der Waals surface area (Å²) in [6.07, 6.45) is 9.36. The van der Waals surface area contributed by atoms with Gasteiger partial charge in [-0.3, -0.25) is 9.78 Å². The van der Waals surface area contributed by atoms with E-state index < -0.39 is 0 Å². The van der Waals surface area contributed by atoms with Gasteiger partial charge in [0.1, 0.15) is 0 Å². The molecule has 3 aromatic carbocycles. The average Bonchev–Trinajstić information content (AvgIpc) is 3.46. The van der Waals surface area contributed by atoms with Crippen LogP contribution in [0.15, 0.2) is 66.6 Å². The standard InChI is InChI=1S/C33H34NS.C13H24O2.Ir/c1-31(2,3)25-19-21(18-20-10-8-9-11-22(20)25)29-30-23(14-17-34-29)27-26(35-30)13-12-24-28(27)33(6,7)16-15-32(24,4)5;1-5-10(6-2)12(14)9-13(15)11(7-3)8-4;/h8-14,17,19H,15-16H2,1-7H3;9-11,14H,5-8H2,1-4H3;/q-1;;/b;12-9-;. The topological polar surface area (TPSA) is 50.2 Å².